The molecule has 0 saturated carbocycles. The van der Waals surface area contributed by atoms with E-state index in [0.29, 0.717) is 5.56 Å². The van der Waals surface area contributed by atoms with E-state index in [9.17, 15) is 14.4 Å². The van der Waals surface area contributed by atoms with Crippen molar-refractivity contribution in [1.29, 1.82) is 5.26 Å². The van der Waals surface area contributed by atoms with Gasteiger partial charge < -0.3 is 0 Å². The summed E-state index contributed by atoms with van der Waals surface area (Å²) in [6, 6.07) is 12.6. The fourth-order valence-corrected chi connectivity index (χ4v) is 2.34. The van der Waals surface area contributed by atoms with Crippen LogP contribution in [0.5, 0.6) is 0 Å². The van der Waals surface area contributed by atoms with Gasteiger partial charge in [0, 0.05) is 4.47 Å². The number of nitrogens with zero attached hydrogens (tertiary/aromatic N) is 1. The number of hydrogen-bond acceptors (Lipinski definition) is 2. The first kappa shape index (κ1) is 14.7. The quantitative estimate of drug-likeness (QED) is 0.749. The maximum atomic E-state index is 13.8. The number of Topliss-reactive ketones (excluding diaryl/α,β-unsaturated/α-hetero) is 1. The van der Waals surface area contributed by atoms with Gasteiger partial charge in [0.25, 0.3) is 0 Å². The number of hydrogen-bond donors (Lipinski definition) is 0. The van der Waals surface area contributed by atoms with Crippen LogP contribution in [0.15, 0.2) is 46.9 Å². The zero-order valence-corrected chi connectivity index (χ0v) is 12.5. The second kappa shape index (κ2) is 6.17. The SMILES string of the molecule is N#CC(C(=O)c1c(F)cccc1Cl)c1ccc(Br)cc1. The lowest BCUT2D eigenvalue weighted by atomic mass is 9.91. The van der Waals surface area contributed by atoms with Crippen molar-refractivity contribution in [3.8, 4) is 6.07 Å². The fourth-order valence-electron chi connectivity index (χ4n) is 1.82. The molecule has 0 aliphatic rings. The number of carbonyl (C=O) groups is 1. The lowest BCUT2D eigenvalue weighted by molar-refractivity contribution is 0.0975. The third kappa shape index (κ3) is 2.90. The van der Waals surface area contributed by atoms with Gasteiger partial charge in [-0.2, -0.15) is 5.26 Å². The van der Waals surface area contributed by atoms with Crippen LogP contribution < -0.4 is 0 Å². The average Bonchev–Trinajstić information content (AvgIpc) is 2.41. The van der Waals surface area contributed by atoms with Gasteiger partial charge in [-0.1, -0.05) is 45.7 Å². The Bertz CT molecular complexity index is 674. The van der Waals surface area contributed by atoms with Crippen molar-refractivity contribution >= 4 is 33.3 Å². The van der Waals surface area contributed by atoms with Crippen molar-refractivity contribution in [3.63, 3.8) is 0 Å². The molecule has 0 N–H and O–H groups in total. The Kier molecular flexibility index (Phi) is 4.53. The first-order valence-electron chi connectivity index (χ1n) is 5.68. The smallest absolute Gasteiger partial charge is 0.188 e. The molecular formula is C15H8BrClFNO. The Balaban J connectivity index is 2.45. The molecule has 0 bridgehead atoms. The van der Waals surface area contributed by atoms with E-state index in [1.165, 1.54) is 12.1 Å². The predicted octanol–water partition coefficient (Wildman–Crippen LogP) is 4.73. The van der Waals surface area contributed by atoms with Crippen LogP contribution in [0, 0.1) is 17.1 Å². The monoisotopic (exact) mass is 351 g/mol. The van der Waals surface area contributed by atoms with E-state index in [0.717, 1.165) is 10.5 Å². The average molecular weight is 353 g/mol. The minimum Gasteiger partial charge on any atom is -0.292 e. The summed E-state index contributed by atoms with van der Waals surface area (Å²) in [5.41, 5.74) is 0.253. The molecule has 0 spiro atoms. The second-order valence-electron chi connectivity index (χ2n) is 4.07. The third-order valence-corrected chi connectivity index (χ3v) is 3.65. The van der Waals surface area contributed by atoms with E-state index in [-0.39, 0.29) is 10.6 Å². The van der Waals surface area contributed by atoms with Crippen LogP contribution in [0.25, 0.3) is 0 Å². The van der Waals surface area contributed by atoms with Gasteiger partial charge in [0.05, 0.1) is 16.7 Å². The molecule has 5 heteroatoms. The topological polar surface area (TPSA) is 40.9 Å². The summed E-state index contributed by atoms with van der Waals surface area (Å²) in [7, 11) is 0. The Morgan fingerprint density at radius 1 is 1.25 bits per heavy atom. The highest BCUT2D eigenvalue weighted by atomic mass is 79.9. The second-order valence-corrected chi connectivity index (χ2v) is 5.40. The standard InChI is InChI=1S/C15H8BrClFNO/c16-10-6-4-9(5-7-10)11(8-19)15(20)14-12(17)2-1-3-13(14)18/h1-7,11H. The minimum absolute atomic E-state index is 0.00682. The molecule has 2 aromatic rings. The molecule has 1 atom stereocenters. The molecule has 0 heterocycles. The molecule has 0 aliphatic heterocycles. The van der Waals surface area contributed by atoms with E-state index >= 15 is 0 Å². The van der Waals surface area contributed by atoms with Gasteiger partial charge in [0.15, 0.2) is 5.78 Å². The van der Waals surface area contributed by atoms with Gasteiger partial charge in [0.1, 0.15) is 11.7 Å². The van der Waals surface area contributed by atoms with Gasteiger partial charge in [0.2, 0.25) is 0 Å². The van der Waals surface area contributed by atoms with Crippen LogP contribution in [-0.4, -0.2) is 5.78 Å². The van der Waals surface area contributed by atoms with Crippen molar-refractivity contribution in [2.45, 2.75) is 5.92 Å². The molecule has 0 saturated heterocycles. The number of halogens is 3. The maximum absolute atomic E-state index is 13.8. The fraction of sp³-hybridized carbons (Fsp3) is 0.0667. The van der Waals surface area contributed by atoms with Gasteiger partial charge in [-0.3, -0.25) is 4.79 Å². The molecule has 20 heavy (non-hydrogen) atoms. The van der Waals surface area contributed by atoms with Gasteiger partial charge >= 0.3 is 0 Å². The van der Waals surface area contributed by atoms with Crippen molar-refractivity contribution in [2.24, 2.45) is 0 Å². The highest BCUT2D eigenvalue weighted by Crippen LogP contribution is 2.27. The molecule has 0 radical (unpaired) electrons. The zero-order valence-electron chi connectivity index (χ0n) is 10.1. The van der Waals surface area contributed by atoms with Crippen LogP contribution >= 0.6 is 27.5 Å². The Labute approximate surface area is 128 Å². The summed E-state index contributed by atoms with van der Waals surface area (Å²) in [4.78, 5) is 12.3. The normalized spacial score (nSPS) is 11.7. The van der Waals surface area contributed by atoms with Crippen molar-refractivity contribution < 1.29 is 9.18 Å². The summed E-state index contributed by atoms with van der Waals surface area (Å²) in [6.07, 6.45) is 0. The number of rotatable bonds is 3. The molecule has 0 fully saturated rings. The van der Waals surface area contributed by atoms with Crippen molar-refractivity contribution in [3.05, 3.63) is 68.9 Å². The van der Waals surface area contributed by atoms with E-state index < -0.39 is 17.5 Å². The Morgan fingerprint density at radius 2 is 1.90 bits per heavy atom. The Morgan fingerprint density at radius 3 is 2.45 bits per heavy atom. The molecule has 0 aromatic heterocycles. The number of carbonyl (C=O) groups excluding carboxylic acids is 1. The lowest BCUT2D eigenvalue weighted by Crippen LogP contribution is -2.13. The molecule has 2 rings (SSSR count). The van der Waals surface area contributed by atoms with Crippen molar-refractivity contribution in [1.82, 2.24) is 0 Å². The van der Waals surface area contributed by atoms with Crippen LogP contribution in [0.2, 0.25) is 5.02 Å². The minimum atomic E-state index is -1.09. The molecule has 100 valence electrons. The van der Waals surface area contributed by atoms with Gasteiger partial charge in [-0.15, -0.1) is 0 Å². The van der Waals surface area contributed by atoms with Crippen LogP contribution in [0.1, 0.15) is 21.8 Å². The summed E-state index contributed by atoms with van der Waals surface area (Å²) < 4.78 is 14.6. The van der Waals surface area contributed by atoms with Gasteiger partial charge in [-0.05, 0) is 29.8 Å². The van der Waals surface area contributed by atoms with Crippen LogP contribution in [-0.2, 0) is 0 Å². The summed E-state index contributed by atoms with van der Waals surface area (Å²) in [5.74, 6) is -2.45. The Hall–Kier alpha value is -1.70. The predicted molar refractivity (Wildman–Crippen MR) is 78.2 cm³/mol. The summed E-state index contributed by atoms with van der Waals surface area (Å²) in [5, 5.41) is 9.22. The van der Waals surface area contributed by atoms with Crippen molar-refractivity contribution in [2.75, 3.05) is 0 Å². The molecule has 0 amide bonds. The van der Waals surface area contributed by atoms with E-state index in [2.05, 4.69) is 15.9 Å². The van der Waals surface area contributed by atoms with Crippen LogP contribution in [0.3, 0.4) is 0 Å². The summed E-state index contributed by atoms with van der Waals surface area (Å²) in [6.45, 7) is 0. The first-order chi connectivity index (χ1) is 9.54. The molecule has 2 nitrogen and oxygen atoms in total. The molecule has 1 unspecified atom stereocenters. The lowest BCUT2D eigenvalue weighted by Gasteiger charge is -2.10. The molecule has 2 aromatic carbocycles. The van der Waals surface area contributed by atoms with E-state index in [1.807, 2.05) is 6.07 Å². The maximum Gasteiger partial charge on any atom is 0.188 e. The highest BCUT2D eigenvalue weighted by molar-refractivity contribution is 9.10. The number of ketones is 1. The highest BCUT2D eigenvalue weighted by Gasteiger charge is 2.26. The summed E-state index contributed by atoms with van der Waals surface area (Å²) >= 11 is 9.13. The van der Waals surface area contributed by atoms with E-state index in [1.54, 1.807) is 24.3 Å². The van der Waals surface area contributed by atoms with Crippen LogP contribution in [0.4, 0.5) is 4.39 Å². The molecular weight excluding hydrogens is 345 g/mol. The number of benzene rings is 2. The largest absolute Gasteiger partial charge is 0.292 e. The zero-order chi connectivity index (χ0) is 14.7. The number of nitriles is 1. The van der Waals surface area contributed by atoms with E-state index in [4.69, 9.17) is 11.6 Å². The first-order valence-corrected chi connectivity index (χ1v) is 6.85. The third-order valence-electron chi connectivity index (χ3n) is 2.80. The molecule has 0 aliphatic carbocycles. The van der Waals surface area contributed by atoms with Gasteiger partial charge in [-0.25, -0.2) is 4.39 Å².